The molecule has 0 aliphatic heterocycles. The van der Waals surface area contributed by atoms with Crippen LogP contribution in [0.3, 0.4) is 0 Å². The molecule has 1 aromatic heterocycles. The van der Waals surface area contributed by atoms with Crippen molar-refractivity contribution in [3.8, 4) is 6.07 Å². The van der Waals surface area contributed by atoms with E-state index in [1.165, 1.54) is 18.5 Å². The molecular formula is C9H11N5O3. The van der Waals surface area contributed by atoms with Gasteiger partial charge >= 0.3 is 5.69 Å². The summed E-state index contributed by atoms with van der Waals surface area (Å²) in [6.07, 6.45) is 0. The molecule has 1 rings (SSSR count). The number of carbonyl (C=O) groups excluding carboxylic acids is 1. The predicted molar refractivity (Wildman–Crippen MR) is 57.0 cm³/mol. The second-order valence-corrected chi connectivity index (χ2v) is 3.37. The Balaban J connectivity index is 2.87. The summed E-state index contributed by atoms with van der Waals surface area (Å²) in [4.78, 5) is 21.5. The Bertz CT molecular complexity index is 499. The lowest BCUT2D eigenvalue weighted by atomic mass is 10.3. The highest BCUT2D eigenvalue weighted by molar-refractivity contribution is 5.76. The van der Waals surface area contributed by atoms with Gasteiger partial charge in [0.2, 0.25) is 5.91 Å². The van der Waals surface area contributed by atoms with Gasteiger partial charge < -0.3 is 5.32 Å². The first-order valence-electron chi connectivity index (χ1n) is 4.79. The molecule has 0 saturated heterocycles. The first-order chi connectivity index (χ1) is 7.97. The molecule has 0 fully saturated rings. The molecule has 0 radical (unpaired) electrons. The van der Waals surface area contributed by atoms with Crippen LogP contribution in [0.25, 0.3) is 0 Å². The maximum Gasteiger partial charge on any atom is 0.312 e. The topological polar surface area (TPSA) is 114 Å². The van der Waals surface area contributed by atoms with Crippen molar-refractivity contribution < 1.29 is 9.72 Å². The van der Waals surface area contributed by atoms with Gasteiger partial charge in [0.25, 0.3) is 0 Å². The number of hydrogen-bond acceptors (Lipinski definition) is 5. The number of aromatic nitrogens is 2. The summed E-state index contributed by atoms with van der Waals surface area (Å²) < 4.78 is 1.25. The number of nitro groups is 1. The zero-order chi connectivity index (χ0) is 13.0. The molecule has 1 heterocycles. The normalized spacial score (nSPS) is 9.71. The lowest BCUT2D eigenvalue weighted by Crippen LogP contribution is -2.28. The summed E-state index contributed by atoms with van der Waals surface area (Å²) in [5.41, 5.74) is 0.498. The van der Waals surface area contributed by atoms with E-state index in [-0.39, 0.29) is 24.5 Å². The summed E-state index contributed by atoms with van der Waals surface area (Å²) in [7, 11) is 0. The third-order valence-electron chi connectivity index (χ3n) is 2.18. The SMILES string of the molecule is Cc1nn(CC(=O)NCC#N)c(C)c1[N+](=O)[O-]. The molecule has 8 heteroatoms. The van der Waals surface area contributed by atoms with E-state index in [1.807, 2.05) is 0 Å². The van der Waals surface area contributed by atoms with Crippen LogP contribution in [-0.4, -0.2) is 27.2 Å². The average Bonchev–Trinajstić information content (AvgIpc) is 2.51. The number of rotatable bonds is 4. The number of nitriles is 1. The van der Waals surface area contributed by atoms with Crippen molar-refractivity contribution in [3.05, 3.63) is 21.5 Å². The summed E-state index contributed by atoms with van der Waals surface area (Å²) in [6, 6.07) is 1.76. The Labute approximate surface area is 97.0 Å². The molecule has 1 N–H and O–H groups in total. The van der Waals surface area contributed by atoms with E-state index in [9.17, 15) is 14.9 Å². The second-order valence-electron chi connectivity index (χ2n) is 3.37. The largest absolute Gasteiger partial charge is 0.341 e. The molecule has 8 nitrogen and oxygen atoms in total. The van der Waals surface area contributed by atoms with Crippen molar-refractivity contribution in [2.45, 2.75) is 20.4 Å². The van der Waals surface area contributed by atoms with Crippen molar-refractivity contribution >= 4 is 11.6 Å². The van der Waals surface area contributed by atoms with E-state index < -0.39 is 10.8 Å². The number of carbonyl (C=O) groups is 1. The van der Waals surface area contributed by atoms with Gasteiger partial charge in [0.15, 0.2) is 0 Å². The van der Waals surface area contributed by atoms with Gasteiger partial charge in [-0.1, -0.05) is 0 Å². The third-order valence-corrected chi connectivity index (χ3v) is 2.18. The van der Waals surface area contributed by atoms with E-state index in [0.29, 0.717) is 5.69 Å². The van der Waals surface area contributed by atoms with E-state index in [1.54, 1.807) is 6.07 Å². The highest BCUT2D eigenvalue weighted by Crippen LogP contribution is 2.21. The minimum absolute atomic E-state index is 0.0851. The molecule has 0 aromatic carbocycles. The number of hydrogen-bond donors (Lipinski definition) is 1. The van der Waals surface area contributed by atoms with Crippen LogP contribution in [0.2, 0.25) is 0 Å². The van der Waals surface area contributed by atoms with E-state index in [4.69, 9.17) is 5.26 Å². The van der Waals surface area contributed by atoms with Gasteiger partial charge in [-0.15, -0.1) is 0 Å². The minimum atomic E-state index is -0.526. The Morgan fingerprint density at radius 3 is 2.76 bits per heavy atom. The first kappa shape index (κ1) is 12.6. The molecule has 1 amide bonds. The Hall–Kier alpha value is -2.43. The number of nitrogens with one attached hydrogen (secondary N) is 1. The Morgan fingerprint density at radius 2 is 2.29 bits per heavy atom. The van der Waals surface area contributed by atoms with Gasteiger partial charge in [-0.05, 0) is 13.8 Å². The number of nitrogens with zero attached hydrogens (tertiary/aromatic N) is 4. The average molecular weight is 237 g/mol. The van der Waals surface area contributed by atoms with Crippen molar-refractivity contribution in [2.24, 2.45) is 0 Å². The molecule has 0 saturated carbocycles. The molecule has 0 atom stereocenters. The molecule has 17 heavy (non-hydrogen) atoms. The van der Waals surface area contributed by atoms with Gasteiger partial charge in [0.05, 0.1) is 11.0 Å². The van der Waals surface area contributed by atoms with Crippen LogP contribution in [0.4, 0.5) is 5.69 Å². The molecular weight excluding hydrogens is 226 g/mol. The zero-order valence-electron chi connectivity index (χ0n) is 9.43. The minimum Gasteiger partial charge on any atom is -0.341 e. The van der Waals surface area contributed by atoms with Gasteiger partial charge in [-0.25, -0.2) is 0 Å². The first-order valence-corrected chi connectivity index (χ1v) is 4.79. The lowest BCUT2D eigenvalue weighted by molar-refractivity contribution is -0.386. The summed E-state index contributed by atoms with van der Waals surface area (Å²) in [5.74, 6) is -0.410. The quantitative estimate of drug-likeness (QED) is 0.451. The van der Waals surface area contributed by atoms with Crippen LogP contribution >= 0.6 is 0 Å². The van der Waals surface area contributed by atoms with E-state index >= 15 is 0 Å². The van der Waals surface area contributed by atoms with Gasteiger partial charge in [-0.2, -0.15) is 10.4 Å². The maximum absolute atomic E-state index is 11.3. The monoisotopic (exact) mass is 237 g/mol. The molecule has 0 bridgehead atoms. The zero-order valence-corrected chi connectivity index (χ0v) is 9.43. The smallest absolute Gasteiger partial charge is 0.312 e. The van der Waals surface area contributed by atoms with Gasteiger partial charge in [0, 0.05) is 0 Å². The fourth-order valence-corrected chi connectivity index (χ4v) is 1.44. The van der Waals surface area contributed by atoms with Crippen LogP contribution in [0.15, 0.2) is 0 Å². The van der Waals surface area contributed by atoms with Gasteiger partial charge in [0.1, 0.15) is 24.5 Å². The van der Waals surface area contributed by atoms with Gasteiger partial charge in [-0.3, -0.25) is 19.6 Å². The fraction of sp³-hybridized carbons (Fsp3) is 0.444. The predicted octanol–water partition coefficient (Wildman–Crippen LogP) is 0.0479. The molecule has 0 aliphatic carbocycles. The van der Waals surface area contributed by atoms with Crippen LogP contribution in [0.5, 0.6) is 0 Å². The Morgan fingerprint density at radius 1 is 1.65 bits per heavy atom. The Kier molecular flexibility index (Phi) is 3.77. The van der Waals surface area contributed by atoms with Crippen molar-refractivity contribution in [2.75, 3.05) is 6.54 Å². The van der Waals surface area contributed by atoms with E-state index in [0.717, 1.165) is 0 Å². The van der Waals surface area contributed by atoms with Crippen molar-refractivity contribution in [3.63, 3.8) is 0 Å². The number of aryl methyl sites for hydroxylation is 1. The number of amides is 1. The van der Waals surface area contributed by atoms with Crippen molar-refractivity contribution in [1.29, 1.82) is 5.26 Å². The van der Waals surface area contributed by atoms with E-state index in [2.05, 4.69) is 10.4 Å². The molecule has 0 spiro atoms. The lowest BCUT2D eigenvalue weighted by Gasteiger charge is -2.02. The van der Waals surface area contributed by atoms with Crippen LogP contribution in [0, 0.1) is 35.3 Å². The molecule has 0 unspecified atom stereocenters. The molecule has 0 aliphatic rings. The highest BCUT2D eigenvalue weighted by Gasteiger charge is 2.22. The molecule has 90 valence electrons. The summed E-state index contributed by atoms with van der Waals surface area (Å²) >= 11 is 0. The van der Waals surface area contributed by atoms with Crippen LogP contribution in [-0.2, 0) is 11.3 Å². The second kappa shape index (κ2) is 5.07. The fourth-order valence-electron chi connectivity index (χ4n) is 1.44. The third kappa shape index (κ3) is 2.78. The molecule has 1 aromatic rings. The maximum atomic E-state index is 11.3. The van der Waals surface area contributed by atoms with Crippen LogP contribution in [0.1, 0.15) is 11.4 Å². The standard InChI is InChI=1S/C9H11N5O3/c1-6-9(14(16)17)7(2)13(12-6)5-8(15)11-4-3-10/h4-5H2,1-2H3,(H,11,15). The summed E-state index contributed by atoms with van der Waals surface area (Å²) in [6.45, 7) is 2.80. The summed E-state index contributed by atoms with van der Waals surface area (Å²) in [5, 5.41) is 25.2. The highest BCUT2D eigenvalue weighted by atomic mass is 16.6. The van der Waals surface area contributed by atoms with Crippen molar-refractivity contribution in [1.82, 2.24) is 15.1 Å². The van der Waals surface area contributed by atoms with Crippen LogP contribution < -0.4 is 5.32 Å².